The van der Waals surface area contributed by atoms with Gasteiger partial charge in [0.15, 0.2) is 0 Å². The number of aliphatic hydroxyl groups excluding tert-OH is 1. The Morgan fingerprint density at radius 1 is 1.06 bits per heavy atom. The summed E-state index contributed by atoms with van der Waals surface area (Å²) >= 11 is 6.32. The number of rotatable bonds is 4. The van der Waals surface area contributed by atoms with Crippen molar-refractivity contribution in [3.8, 4) is 5.75 Å². The third-order valence-corrected chi connectivity index (χ3v) is 5.86. The molecule has 1 fully saturated rings. The predicted molar refractivity (Wildman–Crippen MR) is 122 cm³/mol. The summed E-state index contributed by atoms with van der Waals surface area (Å²) in [6.07, 6.45) is 0. The van der Waals surface area contributed by atoms with Gasteiger partial charge in [-0.25, -0.2) is 0 Å². The highest BCUT2D eigenvalue weighted by atomic mass is 35.5. The largest absolute Gasteiger partial charge is 0.507 e. The molecule has 7 heteroatoms. The Labute approximate surface area is 190 Å². The van der Waals surface area contributed by atoms with Gasteiger partial charge in [0, 0.05) is 11.3 Å². The number of hydrogen-bond acceptors (Lipinski definition) is 5. The summed E-state index contributed by atoms with van der Waals surface area (Å²) in [4.78, 5) is 27.9. The summed E-state index contributed by atoms with van der Waals surface area (Å²) < 4.78 is 11.1. The van der Waals surface area contributed by atoms with E-state index in [0.717, 1.165) is 11.1 Å². The van der Waals surface area contributed by atoms with Crippen LogP contribution < -0.4 is 9.64 Å². The molecule has 1 aromatic heterocycles. The van der Waals surface area contributed by atoms with Crippen molar-refractivity contribution in [3.63, 3.8) is 0 Å². The molecular formula is C25H22ClNO5. The maximum atomic E-state index is 13.2. The highest BCUT2D eigenvalue weighted by Gasteiger charge is 2.49. The topological polar surface area (TPSA) is 80.0 Å². The second kappa shape index (κ2) is 8.20. The van der Waals surface area contributed by atoms with Gasteiger partial charge >= 0.3 is 0 Å². The van der Waals surface area contributed by atoms with Gasteiger partial charge in [-0.2, -0.15) is 0 Å². The third kappa shape index (κ3) is 3.56. The average molecular weight is 452 g/mol. The van der Waals surface area contributed by atoms with Crippen LogP contribution >= 0.6 is 11.6 Å². The number of aryl methyl sites for hydroxylation is 3. The smallest absolute Gasteiger partial charge is 0.300 e. The monoisotopic (exact) mass is 451 g/mol. The number of hydrogen-bond donors (Lipinski definition) is 1. The number of benzene rings is 2. The van der Waals surface area contributed by atoms with Crippen LogP contribution in [0, 0.1) is 20.8 Å². The summed E-state index contributed by atoms with van der Waals surface area (Å²) in [6.45, 7) is 5.53. The highest BCUT2D eigenvalue weighted by Crippen LogP contribution is 2.44. The highest BCUT2D eigenvalue weighted by molar-refractivity contribution is 6.52. The fourth-order valence-electron chi connectivity index (χ4n) is 3.89. The van der Waals surface area contributed by atoms with Crippen LogP contribution in [0.15, 0.2) is 58.5 Å². The summed E-state index contributed by atoms with van der Waals surface area (Å²) in [5.41, 5.74) is 2.41. The Bertz CT molecular complexity index is 1270. The van der Waals surface area contributed by atoms with E-state index < -0.39 is 17.7 Å². The maximum absolute atomic E-state index is 13.2. The molecular weight excluding hydrogens is 430 g/mol. The van der Waals surface area contributed by atoms with E-state index >= 15 is 0 Å². The first-order chi connectivity index (χ1) is 15.2. The number of carbonyl (C=O) groups excluding carboxylic acids is 2. The van der Waals surface area contributed by atoms with Crippen molar-refractivity contribution in [2.45, 2.75) is 26.8 Å². The molecule has 1 unspecified atom stereocenters. The van der Waals surface area contributed by atoms with Gasteiger partial charge in [-0.1, -0.05) is 23.7 Å². The van der Waals surface area contributed by atoms with E-state index in [-0.39, 0.29) is 21.9 Å². The maximum Gasteiger partial charge on any atom is 0.300 e. The minimum Gasteiger partial charge on any atom is -0.507 e. The fraction of sp³-hybridized carbons (Fsp3) is 0.200. The lowest BCUT2D eigenvalue weighted by Gasteiger charge is -2.25. The van der Waals surface area contributed by atoms with Crippen LogP contribution in [0.4, 0.5) is 5.69 Å². The number of methoxy groups -OCH3 is 1. The molecule has 0 saturated carbocycles. The van der Waals surface area contributed by atoms with Crippen LogP contribution in [0.25, 0.3) is 5.76 Å². The number of carbonyl (C=O) groups is 2. The molecule has 0 spiro atoms. The summed E-state index contributed by atoms with van der Waals surface area (Å²) in [5.74, 6) is -0.530. The molecule has 0 bridgehead atoms. The minimum atomic E-state index is -0.952. The summed E-state index contributed by atoms with van der Waals surface area (Å²) in [5, 5.41) is 11.5. The zero-order chi connectivity index (χ0) is 23.2. The number of ketones is 1. The van der Waals surface area contributed by atoms with E-state index in [1.807, 2.05) is 32.0 Å². The standard InChI is InChI=1S/C25H22ClNO5/c1-13-5-6-14(2)19(11-13)27-22(20-10-7-15(3)32-20)21(24(29)25(27)30)23(28)17-12-16(31-4)8-9-18(17)26/h5-12,22,28H,1-4H3/b23-21+. The van der Waals surface area contributed by atoms with Gasteiger partial charge in [-0.05, 0) is 68.3 Å². The normalized spacial score (nSPS) is 17.8. The van der Waals surface area contributed by atoms with E-state index in [2.05, 4.69) is 0 Å². The molecule has 1 aliphatic rings. The van der Waals surface area contributed by atoms with Crippen molar-refractivity contribution in [1.82, 2.24) is 0 Å². The number of halogens is 1. The molecule has 3 aromatic rings. The lowest BCUT2D eigenvalue weighted by atomic mass is 9.98. The molecule has 1 aliphatic heterocycles. The van der Waals surface area contributed by atoms with Gasteiger partial charge in [0.05, 0.1) is 17.7 Å². The number of nitrogens with zero attached hydrogens (tertiary/aromatic N) is 1. The molecule has 2 aromatic carbocycles. The number of aliphatic hydroxyl groups is 1. The fourth-order valence-corrected chi connectivity index (χ4v) is 4.09. The molecule has 164 valence electrons. The second-order valence-corrected chi connectivity index (χ2v) is 8.16. The average Bonchev–Trinajstić information content (AvgIpc) is 3.31. The van der Waals surface area contributed by atoms with Crippen LogP contribution in [0.3, 0.4) is 0 Å². The molecule has 1 N–H and O–H groups in total. The van der Waals surface area contributed by atoms with E-state index in [9.17, 15) is 14.7 Å². The molecule has 1 amide bonds. The van der Waals surface area contributed by atoms with Crippen LogP contribution in [0.1, 0.15) is 34.3 Å². The molecule has 32 heavy (non-hydrogen) atoms. The zero-order valence-corrected chi connectivity index (χ0v) is 18.9. The SMILES string of the molecule is COc1ccc(Cl)c(/C(O)=C2\C(=O)C(=O)N(c3cc(C)ccc3C)C2c2ccc(C)o2)c1. The molecule has 1 atom stereocenters. The van der Waals surface area contributed by atoms with Gasteiger partial charge < -0.3 is 14.3 Å². The Kier molecular flexibility index (Phi) is 5.57. The van der Waals surface area contributed by atoms with Crippen LogP contribution in [-0.4, -0.2) is 23.9 Å². The van der Waals surface area contributed by atoms with Gasteiger partial charge in [0.1, 0.15) is 29.1 Å². The van der Waals surface area contributed by atoms with Crippen LogP contribution in [0.5, 0.6) is 5.75 Å². The van der Waals surface area contributed by atoms with Crippen molar-refractivity contribution >= 4 is 34.7 Å². The van der Waals surface area contributed by atoms with Crippen molar-refractivity contribution in [1.29, 1.82) is 0 Å². The Morgan fingerprint density at radius 3 is 2.47 bits per heavy atom. The number of Topliss-reactive ketones (excluding diaryl/α,β-unsaturated/α-hetero) is 1. The van der Waals surface area contributed by atoms with Crippen molar-refractivity contribution in [2.24, 2.45) is 0 Å². The second-order valence-electron chi connectivity index (χ2n) is 7.75. The number of anilines is 1. The van der Waals surface area contributed by atoms with E-state index in [1.54, 1.807) is 31.2 Å². The number of furan rings is 1. The number of ether oxygens (including phenoxy) is 1. The molecule has 0 aliphatic carbocycles. The lowest BCUT2D eigenvalue weighted by molar-refractivity contribution is -0.132. The van der Waals surface area contributed by atoms with Crippen molar-refractivity contribution in [2.75, 3.05) is 12.0 Å². The lowest BCUT2D eigenvalue weighted by Crippen LogP contribution is -2.30. The summed E-state index contributed by atoms with van der Waals surface area (Å²) in [6, 6.07) is 12.9. The molecule has 6 nitrogen and oxygen atoms in total. The first kappa shape index (κ1) is 21.7. The molecule has 0 radical (unpaired) electrons. The van der Waals surface area contributed by atoms with Gasteiger partial charge in [0.2, 0.25) is 0 Å². The predicted octanol–water partition coefficient (Wildman–Crippen LogP) is 5.49. The quantitative estimate of drug-likeness (QED) is 0.322. The van der Waals surface area contributed by atoms with E-state index in [4.69, 9.17) is 20.8 Å². The molecule has 2 heterocycles. The zero-order valence-electron chi connectivity index (χ0n) is 18.1. The van der Waals surface area contributed by atoms with Gasteiger partial charge in [-0.3, -0.25) is 14.5 Å². The Morgan fingerprint density at radius 2 is 1.81 bits per heavy atom. The number of amides is 1. The van der Waals surface area contributed by atoms with Crippen molar-refractivity contribution < 1.29 is 23.8 Å². The third-order valence-electron chi connectivity index (χ3n) is 5.53. The first-order valence-corrected chi connectivity index (χ1v) is 10.4. The van der Waals surface area contributed by atoms with E-state index in [0.29, 0.717) is 23.0 Å². The van der Waals surface area contributed by atoms with Crippen molar-refractivity contribution in [3.05, 3.63) is 87.3 Å². The first-order valence-electron chi connectivity index (χ1n) is 10.0. The van der Waals surface area contributed by atoms with Crippen LogP contribution in [0.2, 0.25) is 5.02 Å². The summed E-state index contributed by atoms with van der Waals surface area (Å²) in [7, 11) is 1.48. The van der Waals surface area contributed by atoms with E-state index in [1.165, 1.54) is 18.1 Å². The van der Waals surface area contributed by atoms with Crippen LogP contribution in [-0.2, 0) is 9.59 Å². The molecule has 1 saturated heterocycles. The minimum absolute atomic E-state index is 0.0968. The Hall–Kier alpha value is -3.51. The Balaban J connectivity index is 2.00. The van der Waals surface area contributed by atoms with Gasteiger partial charge in [-0.15, -0.1) is 0 Å². The van der Waals surface area contributed by atoms with Gasteiger partial charge in [0.25, 0.3) is 11.7 Å². The molecule has 4 rings (SSSR count).